The van der Waals surface area contributed by atoms with Crippen molar-refractivity contribution in [3.8, 4) is 5.75 Å². The molecule has 0 N–H and O–H groups in total. The molecule has 134 valence electrons. The van der Waals surface area contributed by atoms with E-state index in [0.717, 1.165) is 44.7 Å². The molecule has 1 aromatic carbocycles. The Balaban J connectivity index is 2.03. The number of aryl methyl sites for hydroxylation is 1. The van der Waals surface area contributed by atoms with E-state index in [1.54, 1.807) is 0 Å². The lowest BCUT2D eigenvalue weighted by molar-refractivity contribution is -0.135. The van der Waals surface area contributed by atoms with E-state index in [2.05, 4.69) is 32.9 Å². The van der Waals surface area contributed by atoms with Gasteiger partial charge in [0, 0.05) is 19.5 Å². The number of hydrogen-bond donors (Lipinski definition) is 0. The van der Waals surface area contributed by atoms with Crippen molar-refractivity contribution in [2.24, 2.45) is 0 Å². The van der Waals surface area contributed by atoms with Crippen LogP contribution in [0.5, 0.6) is 5.75 Å². The molecular weight excluding hydrogens is 302 g/mol. The predicted octanol–water partition coefficient (Wildman–Crippen LogP) is 3.78. The van der Waals surface area contributed by atoms with Gasteiger partial charge >= 0.3 is 0 Å². The lowest BCUT2D eigenvalue weighted by Crippen LogP contribution is -2.40. The highest BCUT2D eigenvalue weighted by atomic mass is 16.5. The van der Waals surface area contributed by atoms with Crippen molar-refractivity contribution >= 4 is 5.91 Å². The van der Waals surface area contributed by atoms with E-state index in [1.165, 1.54) is 11.1 Å². The van der Waals surface area contributed by atoms with Crippen LogP contribution in [0.1, 0.15) is 57.1 Å². The normalized spacial score (nSPS) is 16.0. The van der Waals surface area contributed by atoms with Gasteiger partial charge in [0.2, 0.25) is 5.91 Å². The summed E-state index contributed by atoms with van der Waals surface area (Å²) in [5.74, 6) is 1.65. The Morgan fingerprint density at radius 1 is 1.29 bits per heavy atom. The van der Waals surface area contributed by atoms with Crippen molar-refractivity contribution in [1.29, 1.82) is 0 Å². The second-order valence-corrected chi connectivity index (χ2v) is 6.51. The van der Waals surface area contributed by atoms with Crippen molar-refractivity contribution in [2.75, 3.05) is 32.9 Å². The summed E-state index contributed by atoms with van der Waals surface area (Å²) in [6.07, 6.45) is 3.46. The van der Waals surface area contributed by atoms with Crippen LogP contribution in [0.3, 0.4) is 0 Å². The molecule has 4 heteroatoms. The van der Waals surface area contributed by atoms with Crippen LogP contribution in [0.25, 0.3) is 0 Å². The molecule has 1 atom stereocenters. The Kier molecular flexibility index (Phi) is 7.57. The third kappa shape index (κ3) is 5.23. The average Bonchev–Trinajstić information content (AvgIpc) is 2.64. The number of morpholine rings is 1. The van der Waals surface area contributed by atoms with Crippen molar-refractivity contribution in [3.63, 3.8) is 0 Å². The second kappa shape index (κ2) is 9.67. The summed E-state index contributed by atoms with van der Waals surface area (Å²) in [7, 11) is 0. The van der Waals surface area contributed by atoms with Crippen LogP contribution in [0.4, 0.5) is 0 Å². The smallest absolute Gasteiger partial charge is 0.223 e. The summed E-state index contributed by atoms with van der Waals surface area (Å²) in [6, 6.07) is 6.34. The number of hydrogen-bond acceptors (Lipinski definition) is 3. The van der Waals surface area contributed by atoms with E-state index in [-0.39, 0.29) is 5.91 Å². The third-order valence-electron chi connectivity index (χ3n) is 4.71. The molecule has 0 bridgehead atoms. The molecule has 0 aliphatic carbocycles. The summed E-state index contributed by atoms with van der Waals surface area (Å²) < 4.78 is 11.1. The molecule has 1 aliphatic heterocycles. The van der Waals surface area contributed by atoms with Crippen LogP contribution >= 0.6 is 0 Å². The summed E-state index contributed by atoms with van der Waals surface area (Å²) in [5.41, 5.74) is 2.59. The van der Waals surface area contributed by atoms with Gasteiger partial charge in [0.1, 0.15) is 5.75 Å². The Labute approximate surface area is 146 Å². The maximum absolute atomic E-state index is 12.4. The molecule has 1 fully saturated rings. The van der Waals surface area contributed by atoms with Gasteiger partial charge in [-0.05, 0) is 48.4 Å². The van der Waals surface area contributed by atoms with E-state index in [1.807, 2.05) is 11.0 Å². The summed E-state index contributed by atoms with van der Waals surface area (Å²) >= 11 is 0. The first-order valence-corrected chi connectivity index (χ1v) is 9.26. The number of carbonyl (C=O) groups is 1. The number of ether oxygens (including phenoxy) is 2. The molecule has 1 amide bonds. The molecule has 24 heavy (non-hydrogen) atoms. The van der Waals surface area contributed by atoms with Gasteiger partial charge in [-0.2, -0.15) is 0 Å². The monoisotopic (exact) mass is 333 g/mol. The van der Waals surface area contributed by atoms with Gasteiger partial charge in [0.25, 0.3) is 0 Å². The highest BCUT2D eigenvalue weighted by molar-refractivity contribution is 5.76. The van der Waals surface area contributed by atoms with Crippen LogP contribution < -0.4 is 4.74 Å². The summed E-state index contributed by atoms with van der Waals surface area (Å²) in [6.45, 7) is 10.1. The van der Waals surface area contributed by atoms with Gasteiger partial charge in [0.05, 0.1) is 19.8 Å². The number of amides is 1. The lowest BCUT2D eigenvalue weighted by Gasteiger charge is -2.27. The molecule has 0 saturated carbocycles. The summed E-state index contributed by atoms with van der Waals surface area (Å²) in [5, 5.41) is 0. The fourth-order valence-corrected chi connectivity index (χ4v) is 3.00. The van der Waals surface area contributed by atoms with Gasteiger partial charge < -0.3 is 14.4 Å². The molecule has 1 heterocycles. The molecule has 1 unspecified atom stereocenters. The molecular formula is C20H31NO3. The number of nitrogens with zero attached hydrogens (tertiary/aromatic N) is 1. The molecule has 1 aromatic rings. The maximum Gasteiger partial charge on any atom is 0.223 e. The van der Waals surface area contributed by atoms with E-state index in [0.29, 0.717) is 25.6 Å². The molecule has 0 radical (unpaired) electrons. The van der Waals surface area contributed by atoms with Crippen LogP contribution in [-0.2, 0) is 16.0 Å². The lowest BCUT2D eigenvalue weighted by atomic mass is 9.91. The van der Waals surface area contributed by atoms with Gasteiger partial charge in [0.15, 0.2) is 0 Å². The largest absolute Gasteiger partial charge is 0.494 e. The van der Waals surface area contributed by atoms with Crippen molar-refractivity contribution in [3.05, 3.63) is 29.3 Å². The zero-order chi connectivity index (χ0) is 17.4. The third-order valence-corrected chi connectivity index (χ3v) is 4.71. The number of benzene rings is 1. The van der Waals surface area contributed by atoms with E-state index in [4.69, 9.17) is 9.47 Å². The zero-order valence-electron chi connectivity index (χ0n) is 15.3. The summed E-state index contributed by atoms with van der Waals surface area (Å²) in [4.78, 5) is 14.3. The quantitative estimate of drug-likeness (QED) is 0.727. The molecule has 4 nitrogen and oxygen atoms in total. The van der Waals surface area contributed by atoms with E-state index < -0.39 is 0 Å². The minimum Gasteiger partial charge on any atom is -0.494 e. The minimum atomic E-state index is 0.236. The van der Waals surface area contributed by atoms with Crippen molar-refractivity contribution < 1.29 is 14.3 Å². The Morgan fingerprint density at radius 2 is 2.04 bits per heavy atom. The number of carbonyl (C=O) groups excluding carboxylic acids is 1. The van der Waals surface area contributed by atoms with Gasteiger partial charge in [-0.25, -0.2) is 0 Å². The minimum absolute atomic E-state index is 0.236. The first-order chi connectivity index (χ1) is 11.7. The topological polar surface area (TPSA) is 38.8 Å². The Bertz CT molecular complexity index is 524. The molecule has 0 aromatic heterocycles. The number of rotatable bonds is 8. The predicted molar refractivity (Wildman–Crippen MR) is 96.7 cm³/mol. The molecule has 1 saturated heterocycles. The zero-order valence-corrected chi connectivity index (χ0v) is 15.3. The van der Waals surface area contributed by atoms with Gasteiger partial charge in [-0.15, -0.1) is 0 Å². The fraction of sp³-hybridized carbons (Fsp3) is 0.650. The van der Waals surface area contributed by atoms with Crippen LogP contribution in [0.2, 0.25) is 0 Å². The van der Waals surface area contributed by atoms with Gasteiger partial charge in [-0.1, -0.05) is 26.8 Å². The Morgan fingerprint density at radius 3 is 2.71 bits per heavy atom. The average molecular weight is 333 g/mol. The Hall–Kier alpha value is -1.55. The van der Waals surface area contributed by atoms with Crippen LogP contribution in [-0.4, -0.2) is 43.7 Å². The SMILES string of the molecule is CCCOc1ccc(CCC(=O)N2CCOCC2)c(C(C)CC)c1. The van der Waals surface area contributed by atoms with Gasteiger partial charge in [-0.3, -0.25) is 4.79 Å². The highest BCUT2D eigenvalue weighted by Crippen LogP contribution is 2.28. The highest BCUT2D eigenvalue weighted by Gasteiger charge is 2.18. The molecule has 0 spiro atoms. The fourth-order valence-electron chi connectivity index (χ4n) is 3.00. The molecule has 1 aliphatic rings. The van der Waals surface area contributed by atoms with E-state index in [9.17, 15) is 4.79 Å². The first-order valence-electron chi connectivity index (χ1n) is 9.26. The van der Waals surface area contributed by atoms with Crippen molar-refractivity contribution in [1.82, 2.24) is 4.90 Å². The van der Waals surface area contributed by atoms with Crippen molar-refractivity contribution in [2.45, 2.75) is 52.4 Å². The first kappa shape index (κ1) is 18.8. The second-order valence-electron chi connectivity index (χ2n) is 6.51. The standard InChI is InChI=1S/C20H31NO3/c1-4-12-24-18-8-6-17(19(15-18)16(3)5-2)7-9-20(22)21-10-13-23-14-11-21/h6,8,15-16H,4-5,7,9-14H2,1-3H3. The molecule has 2 rings (SSSR count). The maximum atomic E-state index is 12.4. The van der Waals surface area contributed by atoms with E-state index >= 15 is 0 Å². The van der Waals surface area contributed by atoms with Crippen LogP contribution in [0, 0.1) is 0 Å². The van der Waals surface area contributed by atoms with Crippen LogP contribution in [0.15, 0.2) is 18.2 Å².